The molecular weight excluding hydrogens is 204 g/mol. The molecule has 0 aromatic rings. The Morgan fingerprint density at radius 1 is 0.857 bits per heavy atom. The van der Waals surface area contributed by atoms with Crippen molar-refractivity contribution in [2.45, 2.75) is 64.1 Å². The van der Waals surface area contributed by atoms with Crippen molar-refractivity contribution >= 4 is 19.3 Å². The van der Waals surface area contributed by atoms with Gasteiger partial charge in [-0.15, -0.1) is 0 Å². The third-order valence-corrected chi connectivity index (χ3v) is 5.29. The topological polar surface area (TPSA) is 9.23 Å². The predicted octanol–water partition coefficient (Wildman–Crippen LogP) is 2.50. The van der Waals surface area contributed by atoms with Gasteiger partial charge in [0.25, 0.3) is 0 Å². The van der Waals surface area contributed by atoms with E-state index in [4.69, 9.17) is 4.43 Å². The Balaban J connectivity index is 2.78. The summed E-state index contributed by atoms with van der Waals surface area (Å²) in [6.07, 6.45) is 8.81. The molecule has 0 aliphatic heterocycles. The third kappa shape index (κ3) is 12.4. The van der Waals surface area contributed by atoms with Gasteiger partial charge in [-0.05, 0) is 13.0 Å². The molecule has 0 bridgehead atoms. The lowest BCUT2D eigenvalue weighted by Crippen LogP contribution is -1.96. The first-order valence-corrected chi connectivity index (χ1v) is 10.5. The summed E-state index contributed by atoms with van der Waals surface area (Å²) in [5, 5.41) is 0. The molecule has 0 saturated heterocycles. The van der Waals surface area contributed by atoms with Crippen LogP contribution in [0, 0.1) is 0 Å². The van der Waals surface area contributed by atoms with Crippen molar-refractivity contribution < 1.29 is 4.43 Å². The van der Waals surface area contributed by atoms with Crippen molar-refractivity contribution in [2.24, 2.45) is 0 Å². The standard InChI is InChI=1S/C11H28OSi2/c1-3-12-14-11-9-7-5-4-6-8-10-13-2/h3-11,13-14H2,1-2H3. The average Bonchev–Trinajstić information content (AvgIpc) is 2.21. The van der Waals surface area contributed by atoms with Gasteiger partial charge in [-0.2, -0.15) is 0 Å². The third-order valence-electron chi connectivity index (χ3n) is 2.60. The molecule has 14 heavy (non-hydrogen) atoms. The van der Waals surface area contributed by atoms with E-state index >= 15 is 0 Å². The minimum atomic E-state index is -0.131. The summed E-state index contributed by atoms with van der Waals surface area (Å²) in [6, 6.07) is 2.97. The molecule has 0 unspecified atom stereocenters. The molecule has 0 aromatic heterocycles. The molecule has 0 aromatic carbocycles. The van der Waals surface area contributed by atoms with E-state index in [0.29, 0.717) is 9.52 Å². The second-order valence-electron chi connectivity index (χ2n) is 4.03. The first-order chi connectivity index (χ1) is 6.91. The molecule has 0 amide bonds. The molecular formula is C11H28OSi2. The number of rotatable bonds is 11. The minimum absolute atomic E-state index is 0.131. The summed E-state index contributed by atoms with van der Waals surface area (Å²) in [6.45, 7) is 5.45. The number of unbranched alkanes of at least 4 members (excludes halogenated alkanes) is 5. The molecule has 0 heterocycles. The van der Waals surface area contributed by atoms with Crippen LogP contribution in [-0.2, 0) is 4.43 Å². The normalized spacial score (nSPS) is 12.4. The molecule has 0 aliphatic carbocycles. The molecule has 0 radical (unpaired) electrons. The van der Waals surface area contributed by atoms with Gasteiger partial charge >= 0.3 is 0 Å². The Hall–Kier alpha value is 0.394. The van der Waals surface area contributed by atoms with E-state index in [2.05, 4.69) is 13.5 Å². The fraction of sp³-hybridized carbons (Fsp3) is 1.00. The summed E-state index contributed by atoms with van der Waals surface area (Å²) in [5.74, 6) is 0. The Bertz CT molecular complexity index is 87.3. The SMILES string of the molecule is CCO[SiH2]CCCCCCCC[SiH2]C. The van der Waals surface area contributed by atoms with Crippen molar-refractivity contribution in [1.82, 2.24) is 0 Å². The first kappa shape index (κ1) is 14.4. The van der Waals surface area contributed by atoms with Crippen molar-refractivity contribution in [3.63, 3.8) is 0 Å². The zero-order valence-electron chi connectivity index (χ0n) is 10.2. The fourth-order valence-corrected chi connectivity index (χ4v) is 3.56. The van der Waals surface area contributed by atoms with Crippen LogP contribution in [0.15, 0.2) is 0 Å². The lowest BCUT2D eigenvalue weighted by atomic mass is 10.1. The molecule has 1 nitrogen and oxygen atoms in total. The Morgan fingerprint density at radius 2 is 1.43 bits per heavy atom. The van der Waals surface area contributed by atoms with Crippen molar-refractivity contribution in [2.75, 3.05) is 6.61 Å². The van der Waals surface area contributed by atoms with E-state index in [1.807, 2.05) is 0 Å². The van der Waals surface area contributed by atoms with Gasteiger partial charge in [0.1, 0.15) is 0 Å². The smallest absolute Gasteiger partial charge is 0.161 e. The monoisotopic (exact) mass is 232 g/mol. The zero-order chi connectivity index (χ0) is 10.5. The number of hydrogen-bond donors (Lipinski definition) is 0. The minimum Gasteiger partial charge on any atom is -0.424 e. The van der Waals surface area contributed by atoms with Crippen LogP contribution in [0.25, 0.3) is 0 Å². The Morgan fingerprint density at radius 3 is 2.00 bits per heavy atom. The van der Waals surface area contributed by atoms with Crippen LogP contribution >= 0.6 is 0 Å². The van der Waals surface area contributed by atoms with Crippen LogP contribution in [0.5, 0.6) is 0 Å². The maximum Gasteiger partial charge on any atom is 0.161 e. The molecule has 0 spiro atoms. The van der Waals surface area contributed by atoms with Crippen LogP contribution in [0.1, 0.15) is 45.4 Å². The molecule has 0 aliphatic rings. The second-order valence-corrected chi connectivity index (χ2v) is 7.26. The lowest BCUT2D eigenvalue weighted by Gasteiger charge is -2.01. The first-order valence-electron chi connectivity index (χ1n) is 6.49. The van der Waals surface area contributed by atoms with Gasteiger partial charge < -0.3 is 4.43 Å². The van der Waals surface area contributed by atoms with E-state index in [-0.39, 0.29) is 9.76 Å². The van der Waals surface area contributed by atoms with Crippen LogP contribution in [0.2, 0.25) is 18.6 Å². The maximum atomic E-state index is 5.44. The largest absolute Gasteiger partial charge is 0.424 e. The second kappa shape index (κ2) is 13.4. The van der Waals surface area contributed by atoms with Gasteiger partial charge in [-0.3, -0.25) is 0 Å². The quantitative estimate of drug-likeness (QED) is 0.393. The van der Waals surface area contributed by atoms with Crippen molar-refractivity contribution in [1.29, 1.82) is 0 Å². The highest BCUT2D eigenvalue weighted by atomic mass is 28.2. The van der Waals surface area contributed by atoms with Crippen LogP contribution in [0.3, 0.4) is 0 Å². The van der Waals surface area contributed by atoms with Gasteiger partial charge in [-0.1, -0.05) is 51.1 Å². The summed E-state index contributed by atoms with van der Waals surface area (Å²) in [5.41, 5.74) is 0. The van der Waals surface area contributed by atoms with Gasteiger partial charge in [0.2, 0.25) is 0 Å². The molecule has 0 rings (SSSR count). The highest BCUT2D eigenvalue weighted by Crippen LogP contribution is 2.08. The molecule has 0 atom stereocenters. The van der Waals surface area contributed by atoms with Crippen molar-refractivity contribution in [3.8, 4) is 0 Å². The molecule has 86 valence electrons. The van der Waals surface area contributed by atoms with Gasteiger partial charge in [0.15, 0.2) is 9.76 Å². The van der Waals surface area contributed by atoms with Gasteiger partial charge in [-0.25, -0.2) is 0 Å². The van der Waals surface area contributed by atoms with Crippen LogP contribution < -0.4 is 0 Å². The molecule has 0 saturated carbocycles. The predicted molar refractivity (Wildman–Crippen MR) is 71.9 cm³/mol. The highest BCUT2D eigenvalue weighted by Gasteiger charge is 1.92. The van der Waals surface area contributed by atoms with Gasteiger partial charge in [0.05, 0.1) is 0 Å². The highest BCUT2D eigenvalue weighted by molar-refractivity contribution is 6.33. The molecule has 3 heteroatoms. The van der Waals surface area contributed by atoms with Crippen molar-refractivity contribution in [3.05, 3.63) is 0 Å². The van der Waals surface area contributed by atoms with E-state index in [1.54, 1.807) is 6.04 Å². The fourth-order valence-electron chi connectivity index (χ4n) is 1.66. The van der Waals surface area contributed by atoms with Crippen LogP contribution in [-0.4, -0.2) is 25.9 Å². The number of hydrogen-bond acceptors (Lipinski definition) is 1. The molecule has 0 fully saturated rings. The summed E-state index contributed by atoms with van der Waals surface area (Å²) < 4.78 is 5.44. The van der Waals surface area contributed by atoms with E-state index in [1.165, 1.54) is 44.6 Å². The van der Waals surface area contributed by atoms with Crippen LogP contribution in [0.4, 0.5) is 0 Å². The lowest BCUT2D eigenvalue weighted by molar-refractivity contribution is 0.358. The Kier molecular flexibility index (Phi) is 13.8. The maximum absolute atomic E-state index is 5.44. The Labute approximate surface area is 94.8 Å². The summed E-state index contributed by atoms with van der Waals surface area (Å²) in [4.78, 5) is 0. The summed E-state index contributed by atoms with van der Waals surface area (Å²) in [7, 11) is 0.219. The van der Waals surface area contributed by atoms with E-state index in [0.717, 1.165) is 6.61 Å². The summed E-state index contributed by atoms with van der Waals surface area (Å²) >= 11 is 0. The average molecular weight is 233 g/mol. The zero-order valence-corrected chi connectivity index (χ0v) is 13.0. The van der Waals surface area contributed by atoms with E-state index < -0.39 is 0 Å². The molecule has 0 N–H and O–H groups in total. The van der Waals surface area contributed by atoms with E-state index in [9.17, 15) is 0 Å². The van der Waals surface area contributed by atoms with Gasteiger partial charge in [0, 0.05) is 16.1 Å².